The maximum Gasteiger partial charge on any atom is 0.0970 e. The largest absolute Gasteiger partial charge is 0.378 e. The van der Waals surface area contributed by atoms with Crippen LogP contribution in [0.3, 0.4) is 0 Å². The highest BCUT2D eigenvalue weighted by Gasteiger charge is 2.34. The van der Waals surface area contributed by atoms with Crippen LogP contribution in [0.1, 0.15) is 27.7 Å². The molecule has 3 nitrogen and oxygen atoms in total. The van der Waals surface area contributed by atoms with Gasteiger partial charge in [-0.05, 0) is 19.8 Å². The van der Waals surface area contributed by atoms with E-state index in [1.807, 2.05) is 0 Å². The minimum absolute atomic E-state index is 0.0748. The predicted octanol–water partition coefficient (Wildman–Crippen LogP) is 1.42. The molecule has 0 amide bonds. The zero-order chi connectivity index (χ0) is 10.8. The quantitative estimate of drug-likeness (QED) is 0.749. The Kier molecular flexibility index (Phi) is 3.93. The maximum atomic E-state index is 6.00. The summed E-state index contributed by atoms with van der Waals surface area (Å²) in [6.07, 6.45) is 0.353. The fourth-order valence-corrected chi connectivity index (χ4v) is 2.05. The van der Waals surface area contributed by atoms with Crippen molar-refractivity contribution < 1.29 is 9.47 Å². The molecule has 1 aliphatic heterocycles. The van der Waals surface area contributed by atoms with Crippen molar-refractivity contribution in [2.24, 2.45) is 5.92 Å². The number of hydrogen-bond acceptors (Lipinski definition) is 3. The molecule has 0 saturated carbocycles. The Hall–Kier alpha value is -0.120. The van der Waals surface area contributed by atoms with Gasteiger partial charge in [-0.1, -0.05) is 13.8 Å². The number of nitrogens with one attached hydrogen (secondary N) is 1. The molecule has 14 heavy (non-hydrogen) atoms. The van der Waals surface area contributed by atoms with Crippen LogP contribution in [-0.4, -0.2) is 38.0 Å². The summed E-state index contributed by atoms with van der Waals surface area (Å²) in [5.74, 6) is 0.487. The van der Waals surface area contributed by atoms with Gasteiger partial charge in [0.25, 0.3) is 0 Å². The van der Waals surface area contributed by atoms with Gasteiger partial charge in [-0.2, -0.15) is 0 Å². The SMILES string of the molecule is COC(C(C)C)C1CNCC(C)(C)O1. The highest BCUT2D eigenvalue weighted by Crippen LogP contribution is 2.22. The van der Waals surface area contributed by atoms with Crippen molar-refractivity contribution in [3.05, 3.63) is 0 Å². The van der Waals surface area contributed by atoms with Crippen LogP contribution in [0.4, 0.5) is 0 Å². The summed E-state index contributed by atoms with van der Waals surface area (Å²) in [7, 11) is 1.76. The van der Waals surface area contributed by atoms with E-state index in [-0.39, 0.29) is 17.8 Å². The zero-order valence-electron chi connectivity index (χ0n) is 9.96. The minimum atomic E-state index is -0.0748. The van der Waals surface area contributed by atoms with Crippen molar-refractivity contribution in [1.82, 2.24) is 5.32 Å². The van der Waals surface area contributed by atoms with E-state index >= 15 is 0 Å². The molecular weight excluding hydrogens is 178 g/mol. The second-order valence-electron chi connectivity index (χ2n) is 4.99. The lowest BCUT2D eigenvalue weighted by atomic mass is 9.98. The first-order chi connectivity index (χ1) is 6.46. The Morgan fingerprint density at radius 3 is 2.50 bits per heavy atom. The van der Waals surface area contributed by atoms with Crippen molar-refractivity contribution in [1.29, 1.82) is 0 Å². The van der Waals surface area contributed by atoms with Gasteiger partial charge in [-0.25, -0.2) is 0 Å². The molecule has 1 fully saturated rings. The number of rotatable bonds is 3. The molecule has 2 unspecified atom stereocenters. The van der Waals surface area contributed by atoms with Crippen LogP contribution in [-0.2, 0) is 9.47 Å². The first kappa shape index (κ1) is 12.0. The molecule has 84 valence electrons. The molecule has 0 aromatic carbocycles. The van der Waals surface area contributed by atoms with E-state index in [0.717, 1.165) is 13.1 Å². The summed E-state index contributed by atoms with van der Waals surface area (Å²) in [5, 5.41) is 3.39. The minimum Gasteiger partial charge on any atom is -0.378 e. The topological polar surface area (TPSA) is 30.5 Å². The van der Waals surface area contributed by atoms with Crippen molar-refractivity contribution in [2.75, 3.05) is 20.2 Å². The summed E-state index contributed by atoms with van der Waals surface area (Å²) in [4.78, 5) is 0. The molecule has 0 radical (unpaired) electrons. The third-order valence-corrected chi connectivity index (χ3v) is 2.66. The number of morpholine rings is 1. The third kappa shape index (κ3) is 2.94. The van der Waals surface area contributed by atoms with Crippen LogP contribution in [0.25, 0.3) is 0 Å². The molecule has 1 heterocycles. The molecule has 1 rings (SSSR count). The maximum absolute atomic E-state index is 6.00. The molecule has 1 saturated heterocycles. The number of methoxy groups -OCH3 is 1. The van der Waals surface area contributed by atoms with Gasteiger partial charge in [-0.3, -0.25) is 0 Å². The molecule has 1 aliphatic rings. The van der Waals surface area contributed by atoms with E-state index < -0.39 is 0 Å². The van der Waals surface area contributed by atoms with E-state index in [4.69, 9.17) is 9.47 Å². The Balaban J connectivity index is 2.58. The molecule has 3 heteroatoms. The summed E-state index contributed by atoms with van der Waals surface area (Å²) in [5.41, 5.74) is -0.0748. The normalized spacial score (nSPS) is 29.1. The second-order valence-corrected chi connectivity index (χ2v) is 4.99. The molecule has 0 spiro atoms. The van der Waals surface area contributed by atoms with Crippen LogP contribution in [0, 0.1) is 5.92 Å². The highest BCUT2D eigenvalue weighted by atomic mass is 16.6. The van der Waals surface area contributed by atoms with Crippen LogP contribution < -0.4 is 5.32 Å². The van der Waals surface area contributed by atoms with Crippen molar-refractivity contribution in [3.8, 4) is 0 Å². The van der Waals surface area contributed by atoms with Gasteiger partial charge in [0.1, 0.15) is 0 Å². The molecule has 2 atom stereocenters. The van der Waals surface area contributed by atoms with Gasteiger partial charge in [0, 0.05) is 20.2 Å². The lowest BCUT2D eigenvalue weighted by Gasteiger charge is -2.40. The molecular formula is C11H23NO2. The van der Waals surface area contributed by atoms with Gasteiger partial charge >= 0.3 is 0 Å². The van der Waals surface area contributed by atoms with E-state index in [1.165, 1.54) is 0 Å². The Morgan fingerprint density at radius 1 is 1.43 bits per heavy atom. The summed E-state index contributed by atoms with van der Waals surface area (Å²) >= 11 is 0. The Bertz CT molecular complexity index is 180. The van der Waals surface area contributed by atoms with E-state index in [0.29, 0.717) is 5.92 Å². The molecule has 0 aromatic heterocycles. The van der Waals surface area contributed by atoms with Gasteiger partial charge in [-0.15, -0.1) is 0 Å². The van der Waals surface area contributed by atoms with Crippen molar-refractivity contribution in [2.45, 2.75) is 45.5 Å². The van der Waals surface area contributed by atoms with Gasteiger partial charge in [0.15, 0.2) is 0 Å². The zero-order valence-corrected chi connectivity index (χ0v) is 9.96. The molecule has 1 N–H and O–H groups in total. The Morgan fingerprint density at radius 2 is 2.07 bits per heavy atom. The fraction of sp³-hybridized carbons (Fsp3) is 1.00. The summed E-state index contributed by atoms with van der Waals surface area (Å²) < 4.78 is 11.5. The third-order valence-electron chi connectivity index (χ3n) is 2.66. The van der Waals surface area contributed by atoms with Crippen LogP contribution in [0.2, 0.25) is 0 Å². The lowest BCUT2D eigenvalue weighted by Crippen LogP contribution is -2.55. The van der Waals surface area contributed by atoms with Crippen molar-refractivity contribution in [3.63, 3.8) is 0 Å². The second kappa shape index (κ2) is 4.60. The van der Waals surface area contributed by atoms with E-state index in [1.54, 1.807) is 7.11 Å². The van der Waals surface area contributed by atoms with Gasteiger partial charge in [0.2, 0.25) is 0 Å². The summed E-state index contributed by atoms with van der Waals surface area (Å²) in [6, 6.07) is 0. The average molecular weight is 201 g/mol. The van der Waals surface area contributed by atoms with Crippen LogP contribution in [0.15, 0.2) is 0 Å². The van der Waals surface area contributed by atoms with E-state index in [9.17, 15) is 0 Å². The monoisotopic (exact) mass is 201 g/mol. The standard InChI is InChI=1S/C11H23NO2/c1-8(2)10(13-5)9-6-12-7-11(3,4)14-9/h8-10,12H,6-7H2,1-5H3. The van der Waals surface area contributed by atoms with Crippen molar-refractivity contribution >= 4 is 0 Å². The van der Waals surface area contributed by atoms with Crippen LogP contribution in [0.5, 0.6) is 0 Å². The highest BCUT2D eigenvalue weighted by molar-refractivity contribution is 4.86. The smallest absolute Gasteiger partial charge is 0.0970 e. The average Bonchev–Trinajstić information content (AvgIpc) is 2.02. The molecule has 0 aliphatic carbocycles. The fourth-order valence-electron chi connectivity index (χ4n) is 2.05. The van der Waals surface area contributed by atoms with E-state index in [2.05, 4.69) is 33.0 Å². The Labute approximate surface area is 87.2 Å². The number of hydrogen-bond donors (Lipinski definition) is 1. The predicted molar refractivity (Wildman–Crippen MR) is 57.5 cm³/mol. The summed E-state index contributed by atoms with van der Waals surface area (Å²) in [6.45, 7) is 10.4. The van der Waals surface area contributed by atoms with Gasteiger partial charge in [0.05, 0.1) is 17.8 Å². The van der Waals surface area contributed by atoms with Crippen LogP contribution >= 0.6 is 0 Å². The van der Waals surface area contributed by atoms with Gasteiger partial charge < -0.3 is 14.8 Å². The first-order valence-electron chi connectivity index (χ1n) is 5.37. The number of ether oxygens (including phenoxy) is 2. The molecule has 0 aromatic rings. The molecule has 0 bridgehead atoms. The first-order valence-corrected chi connectivity index (χ1v) is 5.37. The lowest BCUT2D eigenvalue weighted by molar-refractivity contribution is -0.154.